The molecule has 6 heteroatoms. The van der Waals surface area contributed by atoms with Crippen LogP contribution in [0.15, 0.2) is 91.2 Å². The molecule has 1 aliphatic rings. The topological polar surface area (TPSA) is 62.2 Å². The van der Waals surface area contributed by atoms with Crippen LogP contribution in [0.2, 0.25) is 0 Å². The maximum Gasteiger partial charge on any atom is 0.347 e. The van der Waals surface area contributed by atoms with Gasteiger partial charge in [-0.3, -0.25) is 0 Å². The Morgan fingerprint density at radius 3 is 2.25 bits per heavy atom. The van der Waals surface area contributed by atoms with E-state index in [1.807, 2.05) is 11.8 Å². The number of hydrogen-bond acceptors (Lipinski definition) is 5. The molecular weight excluding hydrogens is 436 g/mol. The first-order chi connectivity index (χ1) is 15.6. The second kappa shape index (κ2) is 10.2. The number of thioether (sulfide) groups is 1. The SMILES string of the molecule is CC1C=CC=CC1C(SCCNc1ncc(C(=O)O)s1)(c1ccccc1)c1ccccc1. The Morgan fingerprint density at radius 2 is 1.69 bits per heavy atom. The van der Waals surface area contributed by atoms with E-state index in [0.717, 1.165) is 5.75 Å². The molecule has 0 aliphatic heterocycles. The number of carboxylic acid groups (broad SMARTS) is 1. The van der Waals surface area contributed by atoms with Crippen molar-refractivity contribution in [1.82, 2.24) is 4.98 Å². The lowest BCUT2D eigenvalue weighted by atomic mass is 9.72. The lowest BCUT2D eigenvalue weighted by Crippen LogP contribution is -2.37. The summed E-state index contributed by atoms with van der Waals surface area (Å²) < 4.78 is -0.250. The Labute approximate surface area is 197 Å². The van der Waals surface area contributed by atoms with Crippen LogP contribution in [0.5, 0.6) is 0 Å². The fraction of sp³-hybridized carbons (Fsp3) is 0.231. The molecule has 1 aliphatic carbocycles. The van der Waals surface area contributed by atoms with Crippen molar-refractivity contribution in [2.24, 2.45) is 11.8 Å². The monoisotopic (exact) mass is 462 g/mol. The minimum Gasteiger partial charge on any atom is -0.477 e. The highest BCUT2D eigenvalue weighted by Crippen LogP contribution is 2.52. The molecule has 2 aromatic carbocycles. The number of thiazole rings is 1. The molecule has 3 aromatic rings. The molecule has 0 saturated heterocycles. The van der Waals surface area contributed by atoms with Crippen molar-refractivity contribution >= 4 is 34.2 Å². The molecule has 4 rings (SSSR count). The summed E-state index contributed by atoms with van der Waals surface area (Å²) in [6.45, 7) is 2.98. The first kappa shape index (κ1) is 22.4. The molecule has 2 atom stereocenters. The molecule has 1 aromatic heterocycles. The summed E-state index contributed by atoms with van der Waals surface area (Å²) in [7, 11) is 0. The van der Waals surface area contributed by atoms with E-state index in [-0.39, 0.29) is 9.62 Å². The van der Waals surface area contributed by atoms with E-state index in [0.29, 0.717) is 23.5 Å². The molecule has 0 fully saturated rings. The summed E-state index contributed by atoms with van der Waals surface area (Å²) in [5.74, 6) is 0.578. The highest BCUT2D eigenvalue weighted by Gasteiger charge is 2.43. The number of nitrogens with zero attached hydrogens (tertiary/aromatic N) is 1. The molecule has 0 bridgehead atoms. The second-order valence-electron chi connectivity index (χ2n) is 7.73. The zero-order valence-corrected chi connectivity index (χ0v) is 19.5. The Kier molecular flexibility index (Phi) is 7.12. The number of benzene rings is 2. The lowest BCUT2D eigenvalue weighted by molar-refractivity contribution is 0.0702. The van der Waals surface area contributed by atoms with Gasteiger partial charge < -0.3 is 10.4 Å². The van der Waals surface area contributed by atoms with Crippen molar-refractivity contribution in [2.75, 3.05) is 17.6 Å². The highest BCUT2D eigenvalue weighted by atomic mass is 32.2. The van der Waals surface area contributed by atoms with Gasteiger partial charge in [0.2, 0.25) is 0 Å². The maximum absolute atomic E-state index is 11.1. The number of anilines is 1. The molecule has 0 radical (unpaired) electrons. The minimum absolute atomic E-state index is 0.246. The first-order valence-corrected chi connectivity index (χ1v) is 12.4. The molecule has 4 nitrogen and oxygen atoms in total. The van der Waals surface area contributed by atoms with Crippen molar-refractivity contribution in [2.45, 2.75) is 11.7 Å². The number of allylic oxidation sites excluding steroid dienone is 4. The van der Waals surface area contributed by atoms with Gasteiger partial charge in [0.1, 0.15) is 4.88 Å². The minimum atomic E-state index is -0.941. The highest BCUT2D eigenvalue weighted by molar-refractivity contribution is 8.00. The van der Waals surface area contributed by atoms with Gasteiger partial charge in [0.25, 0.3) is 0 Å². The van der Waals surface area contributed by atoms with Gasteiger partial charge in [-0.05, 0) is 17.0 Å². The number of aromatic carboxylic acids is 1. The quantitative estimate of drug-likeness (QED) is 0.365. The Hall–Kier alpha value is -2.83. The van der Waals surface area contributed by atoms with Gasteiger partial charge in [-0.2, -0.15) is 0 Å². The predicted molar refractivity (Wildman–Crippen MR) is 135 cm³/mol. The predicted octanol–water partition coefficient (Wildman–Crippen LogP) is 6.31. The normalized spacial score (nSPS) is 17.9. The number of nitrogens with one attached hydrogen (secondary N) is 1. The van der Waals surface area contributed by atoms with E-state index < -0.39 is 5.97 Å². The molecule has 0 amide bonds. The van der Waals surface area contributed by atoms with Gasteiger partial charge in [0.05, 0.1) is 10.9 Å². The zero-order valence-electron chi connectivity index (χ0n) is 17.8. The third kappa shape index (κ3) is 4.66. The zero-order chi connectivity index (χ0) is 22.4. The maximum atomic E-state index is 11.1. The van der Waals surface area contributed by atoms with Crippen LogP contribution in [-0.4, -0.2) is 28.4 Å². The van der Waals surface area contributed by atoms with Crippen molar-refractivity contribution < 1.29 is 9.90 Å². The van der Waals surface area contributed by atoms with E-state index >= 15 is 0 Å². The standard InChI is InChI=1S/C26H26N2O2S2/c1-19-10-8-9-15-22(19)26(20-11-4-2-5-12-20,21-13-6-3-7-14-21)31-17-16-27-25-28-18-23(32-25)24(29)30/h2-15,18-19,22H,16-17H2,1H3,(H,27,28)(H,29,30). The average molecular weight is 463 g/mol. The third-order valence-electron chi connectivity index (χ3n) is 5.71. The summed E-state index contributed by atoms with van der Waals surface area (Å²) in [6.07, 6.45) is 10.3. The van der Waals surface area contributed by atoms with Gasteiger partial charge >= 0.3 is 5.97 Å². The van der Waals surface area contributed by atoms with E-state index in [2.05, 4.69) is 102 Å². The Balaban J connectivity index is 1.64. The van der Waals surface area contributed by atoms with Crippen LogP contribution in [0.1, 0.15) is 27.7 Å². The van der Waals surface area contributed by atoms with Crippen LogP contribution in [-0.2, 0) is 4.75 Å². The second-order valence-corrected chi connectivity index (χ2v) is 10.1. The Morgan fingerprint density at radius 1 is 1.06 bits per heavy atom. The third-order valence-corrected chi connectivity index (χ3v) is 8.26. The number of aromatic nitrogens is 1. The van der Waals surface area contributed by atoms with Crippen molar-refractivity contribution in [1.29, 1.82) is 0 Å². The van der Waals surface area contributed by atoms with Gasteiger partial charge in [0.15, 0.2) is 5.13 Å². The summed E-state index contributed by atoms with van der Waals surface area (Å²) >= 11 is 3.10. The van der Waals surface area contributed by atoms with Crippen LogP contribution in [0.25, 0.3) is 0 Å². The Bertz CT molecular complexity index is 1050. The molecule has 0 spiro atoms. The van der Waals surface area contributed by atoms with Crippen LogP contribution < -0.4 is 5.32 Å². The summed E-state index contributed by atoms with van der Waals surface area (Å²) in [5, 5.41) is 13.1. The van der Waals surface area contributed by atoms with Gasteiger partial charge in [-0.1, -0.05) is 103 Å². The van der Waals surface area contributed by atoms with Crippen molar-refractivity contribution in [3.8, 4) is 0 Å². The number of carbonyl (C=O) groups is 1. The van der Waals surface area contributed by atoms with Crippen LogP contribution in [0.4, 0.5) is 5.13 Å². The molecular formula is C26H26N2O2S2. The van der Waals surface area contributed by atoms with E-state index in [1.165, 1.54) is 28.7 Å². The molecule has 0 saturated carbocycles. The van der Waals surface area contributed by atoms with E-state index in [4.69, 9.17) is 5.11 Å². The average Bonchev–Trinajstić information content (AvgIpc) is 3.31. The molecule has 1 heterocycles. The lowest BCUT2D eigenvalue weighted by Gasteiger charge is -2.43. The molecule has 164 valence electrons. The molecule has 2 unspecified atom stereocenters. The number of hydrogen-bond donors (Lipinski definition) is 2. The number of carboxylic acids is 1. The first-order valence-electron chi connectivity index (χ1n) is 10.6. The van der Waals surface area contributed by atoms with Gasteiger partial charge in [-0.25, -0.2) is 9.78 Å². The smallest absolute Gasteiger partial charge is 0.347 e. The fourth-order valence-corrected chi connectivity index (χ4v) is 6.53. The van der Waals surface area contributed by atoms with Crippen LogP contribution in [0.3, 0.4) is 0 Å². The summed E-state index contributed by atoms with van der Waals surface area (Å²) in [4.78, 5) is 15.6. The van der Waals surface area contributed by atoms with Crippen LogP contribution >= 0.6 is 23.1 Å². The summed E-state index contributed by atoms with van der Waals surface area (Å²) in [6, 6.07) is 21.5. The van der Waals surface area contributed by atoms with Gasteiger partial charge in [0, 0.05) is 18.2 Å². The van der Waals surface area contributed by atoms with Crippen molar-refractivity contribution in [3.63, 3.8) is 0 Å². The van der Waals surface area contributed by atoms with Crippen molar-refractivity contribution in [3.05, 3.63) is 107 Å². The van der Waals surface area contributed by atoms with E-state index in [1.54, 1.807) is 0 Å². The number of rotatable bonds is 9. The summed E-state index contributed by atoms with van der Waals surface area (Å²) in [5.41, 5.74) is 2.57. The van der Waals surface area contributed by atoms with Gasteiger partial charge in [-0.15, -0.1) is 11.8 Å². The largest absolute Gasteiger partial charge is 0.477 e. The van der Waals surface area contributed by atoms with E-state index in [9.17, 15) is 4.79 Å². The fourth-order valence-electron chi connectivity index (χ4n) is 4.23. The molecule has 2 N–H and O–H groups in total. The van der Waals surface area contributed by atoms with Crippen LogP contribution in [0, 0.1) is 11.8 Å². The molecule has 32 heavy (non-hydrogen) atoms.